The summed E-state index contributed by atoms with van der Waals surface area (Å²) >= 11 is 12.0. The van der Waals surface area contributed by atoms with E-state index < -0.39 is 42.3 Å². The van der Waals surface area contributed by atoms with Gasteiger partial charge >= 0.3 is 0 Å². The van der Waals surface area contributed by atoms with E-state index in [1.807, 2.05) is 20.8 Å². The summed E-state index contributed by atoms with van der Waals surface area (Å²) in [5.74, 6) is -2.18. The van der Waals surface area contributed by atoms with E-state index in [9.17, 15) is 23.6 Å². The van der Waals surface area contributed by atoms with Gasteiger partial charge in [0.05, 0.1) is 11.1 Å². The van der Waals surface area contributed by atoms with E-state index in [-0.39, 0.29) is 52.9 Å². The third kappa shape index (κ3) is 5.05. The number of Topliss-reactive ketones (excluding diaryl/α,β-unsaturated/α-hetero) is 1. The summed E-state index contributed by atoms with van der Waals surface area (Å²) in [6.07, 6.45) is 0.0117. The summed E-state index contributed by atoms with van der Waals surface area (Å²) in [5.41, 5.74) is -0.154. The van der Waals surface area contributed by atoms with Crippen molar-refractivity contribution in [1.82, 2.24) is 15.5 Å². The molecule has 3 aliphatic rings. The molecule has 2 saturated heterocycles. The number of likely N-dealkylation sites (tertiary alicyclic amines) is 1. The first kappa shape index (κ1) is 26.7. The lowest BCUT2D eigenvalue weighted by Gasteiger charge is -2.31. The number of rotatable bonds is 9. The van der Waals surface area contributed by atoms with Crippen molar-refractivity contribution in [3.63, 3.8) is 0 Å². The third-order valence-electron chi connectivity index (χ3n) is 7.99. The van der Waals surface area contributed by atoms with E-state index in [4.69, 9.17) is 27.9 Å². The molecule has 1 aromatic rings. The zero-order chi connectivity index (χ0) is 26.4. The molecule has 11 heteroatoms. The number of benzene rings is 1. The first-order valence-electron chi connectivity index (χ1n) is 12.0. The van der Waals surface area contributed by atoms with Crippen LogP contribution in [0.2, 0.25) is 10.0 Å². The van der Waals surface area contributed by atoms with Crippen LogP contribution in [0.4, 0.5) is 4.39 Å². The molecule has 1 saturated carbocycles. The van der Waals surface area contributed by atoms with Crippen molar-refractivity contribution in [2.24, 2.45) is 29.1 Å². The van der Waals surface area contributed by atoms with Gasteiger partial charge in [0.1, 0.15) is 18.5 Å². The van der Waals surface area contributed by atoms with Crippen LogP contribution in [0.3, 0.4) is 0 Å². The maximum absolute atomic E-state index is 13.5. The maximum atomic E-state index is 13.5. The van der Waals surface area contributed by atoms with Gasteiger partial charge in [-0.3, -0.25) is 19.2 Å². The first-order chi connectivity index (χ1) is 16.9. The predicted octanol–water partition coefficient (Wildman–Crippen LogP) is 2.65. The summed E-state index contributed by atoms with van der Waals surface area (Å²) in [5, 5.41) is 6.09. The van der Waals surface area contributed by atoms with Crippen LogP contribution in [0.1, 0.15) is 27.2 Å². The topological polar surface area (TPSA) is 105 Å². The van der Waals surface area contributed by atoms with Crippen LogP contribution in [-0.2, 0) is 19.2 Å². The zero-order valence-corrected chi connectivity index (χ0v) is 21.9. The highest BCUT2D eigenvalue weighted by Crippen LogP contribution is 2.64. The molecule has 2 heterocycles. The average molecular weight is 542 g/mol. The normalized spacial score (nSPS) is 28.8. The second kappa shape index (κ2) is 10.2. The van der Waals surface area contributed by atoms with E-state index >= 15 is 0 Å². The lowest BCUT2D eigenvalue weighted by atomic mass is 9.89. The molecule has 36 heavy (non-hydrogen) atoms. The van der Waals surface area contributed by atoms with Gasteiger partial charge in [-0.25, -0.2) is 4.39 Å². The molecular formula is C25H30Cl2FN3O5. The molecule has 0 spiro atoms. The van der Waals surface area contributed by atoms with Gasteiger partial charge in [0.2, 0.25) is 11.8 Å². The Balaban J connectivity index is 1.47. The second-order valence-corrected chi connectivity index (χ2v) is 11.4. The fourth-order valence-corrected chi connectivity index (χ4v) is 6.13. The average Bonchev–Trinajstić information content (AvgIpc) is 3.12. The van der Waals surface area contributed by atoms with Gasteiger partial charge in [0, 0.05) is 24.0 Å². The minimum absolute atomic E-state index is 0.0117. The van der Waals surface area contributed by atoms with E-state index in [0.717, 1.165) is 0 Å². The number of carbonyl (C=O) groups excluding carboxylic acids is 4. The molecule has 4 rings (SSSR count). The number of carbonyl (C=O) groups is 4. The van der Waals surface area contributed by atoms with Crippen molar-refractivity contribution in [2.45, 2.75) is 39.3 Å². The summed E-state index contributed by atoms with van der Waals surface area (Å²) in [7, 11) is 0. The van der Waals surface area contributed by atoms with Crippen LogP contribution in [0.15, 0.2) is 18.2 Å². The number of fused-ring (bicyclic) bond motifs is 1. The largest absolute Gasteiger partial charge is 0.482 e. The van der Waals surface area contributed by atoms with Crippen LogP contribution in [0.5, 0.6) is 5.75 Å². The number of halogens is 3. The molecule has 3 amide bonds. The molecule has 6 atom stereocenters. The quantitative estimate of drug-likeness (QED) is 0.500. The number of ketones is 1. The molecule has 3 fully saturated rings. The molecule has 1 aromatic carbocycles. The monoisotopic (exact) mass is 541 g/mol. The molecule has 0 aromatic heterocycles. The number of nitrogens with one attached hydrogen (secondary N) is 2. The van der Waals surface area contributed by atoms with Crippen LogP contribution >= 0.6 is 23.2 Å². The number of hydrogen-bond donors (Lipinski definition) is 2. The fourth-order valence-electron chi connectivity index (χ4n) is 5.67. The minimum Gasteiger partial charge on any atom is -0.482 e. The van der Waals surface area contributed by atoms with Gasteiger partial charge in [-0.1, -0.05) is 44.0 Å². The van der Waals surface area contributed by atoms with Gasteiger partial charge in [0.25, 0.3) is 5.91 Å². The van der Waals surface area contributed by atoms with Crippen LogP contribution < -0.4 is 15.4 Å². The Morgan fingerprint density at radius 1 is 1.31 bits per heavy atom. The highest BCUT2D eigenvalue weighted by atomic mass is 35.5. The predicted molar refractivity (Wildman–Crippen MR) is 131 cm³/mol. The van der Waals surface area contributed by atoms with Crippen molar-refractivity contribution in [3.8, 4) is 5.75 Å². The van der Waals surface area contributed by atoms with E-state index in [2.05, 4.69) is 10.6 Å². The highest BCUT2D eigenvalue weighted by molar-refractivity contribution is 6.35. The van der Waals surface area contributed by atoms with Crippen molar-refractivity contribution in [1.29, 1.82) is 0 Å². The molecule has 0 radical (unpaired) electrons. The summed E-state index contributed by atoms with van der Waals surface area (Å²) in [6, 6.07) is 2.66. The molecule has 2 unspecified atom stereocenters. The number of hydrogen-bond acceptors (Lipinski definition) is 5. The lowest BCUT2D eigenvalue weighted by molar-refractivity contribution is -0.142. The Hall–Kier alpha value is -2.39. The first-order valence-corrected chi connectivity index (χ1v) is 12.7. The molecule has 8 nitrogen and oxygen atoms in total. The summed E-state index contributed by atoms with van der Waals surface area (Å²) < 4.78 is 18.9. The third-order valence-corrected chi connectivity index (χ3v) is 8.52. The molecule has 0 bridgehead atoms. The van der Waals surface area contributed by atoms with Crippen LogP contribution in [0, 0.1) is 29.1 Å². The Bertz CT molecular complexity index is 1080. The summed E-state index contributed by atoms with van der Waals surface area (Å²) in [4.78, 5) is 52.6. The van der Waals surface area contributed by atoms with Gasteiger partial charge in [-0.05, 0) is 47.8 Å². The van der Waals surface area contributed by atoms with Gasteiger partial charge in [-0.2, -0.15) is 0 Å². The smallest absolute Gasteiger partial charge is 0.261 e. The zero-order valence-electron chi connectivity index (χ0n) is 20.4. The van der Waals surface area contributed by atoms with Gasteiger partial charge in [0.15, 0.2) is 12.4 Å². The Morgan fingerprint density at radius 2 is 2.03 bits per heavy atom. The fraction of sp³-hybridized carbons (Fsp3) is 0.600. The molecule has 196 valence electrons. The van der Waals surface area contributed by atoms with Gasteiger partial charge in [-0.15, -0.1) is 0 Å². The maximum Gasteiger partial charge on any atom is 0.261 e. The van der Waals surface area contributed by atoms with Gasteiger partial charge < -0.3 is 20.3 Å². The molecule has 2 aliphatic heterocycles. The van der Waals surface area contributed by atoms with Crippen molar-refractivity contribution in [2.75, 3.05) is 26.4 Å². The number of alkyl halides is 1. The highest BCUT2D eigenvalue weighted by Gasteiger charge is 2.69. The molecule has 2 N–H and O–H groups in total. The lowest BCUT2D eigenvalue weighted by Crippen LogP contribution is -2.55. The SMILES string of the molecule is CC1CNC(=O)[C@@H]1C[C@H](NC(=O)C1[C@@H]2[C@H](CN1C(=O)COc1ccc(Cl)cc1Cl)C2(C)C)C(=O)CF. The van der Waals surface area contributed by atoms with Crippen molar-refractivity contribution in [3.05, 3.63) is 28.2 Å². The van der Waals surface area contributed by atoms with Crippen LogP contribution in [-0.4, -0.2) is 66.9 Å². The standard InChI is InChI=1S/C25H30Cl2FN3O5/c1-12-9-29-23(34)14(12)7-17(18(32)8-28)30-24(35)22-21-15(25(21,2)3)10-31(22)20(33)11-36-19-5-4-13(26)6-16(19)27/h4-6,12,14-15,17,21-22H,7-11H2,1-3H3,(H,29,34)(H,30,35)/t12?,14-,15+,17+,21+,22?/m1/s1. The Kier molecular flexibility index (Phi) is 7.53. The summed E-state index contributed by atoms with van der Waals surface area (Å²) in [6.45, 7) is 5.17. The number of amides is 3. The number of nitrogens with zero attached hydrogens (tertiary/aromatic N) is 1. The Labute approximate surface area is 219 Å². The van der Waals surface area contributed by atoms with Crippen molar-refractivity contribution >= 4 is 46.7 Å². The Morgan fingerprint density at radius 3 is 2.64 bits per heavy atom. The van der Waals surface area contributed by atoms with E-state index in [1.54, 1.807) is 12.1 Å². The van der Waals surface area contributed by atoms with E-state index in [1.165, 1.54) is 11.0 Å². The van der Waals surface area contributed by atoms with Crippen molar-refractivity contribution < 1.29 is 28.3 Å². The second-order valence-electron chi connectivity index (χ2n) is 10.5. The molecule has 1 aliphatic carbocycles. The minimum atomic E-state index is -1.26. The van der Waals surface area contributed by atoms with Crippen LogP contribution in [0.25, 0.3) is 0 Å². The van der Waals surface area contributed by atoms with E-state index in [0.29, 0.717) is 18.1 Å². The number of ether oxygens (including phenoxy) is 1. The number of piperidine rings is 1. The molecular weight excluding hydrogens is 512 g/mol.